The lowest BCUT2D eigenvalue weighted by molar-refractivity contribution is 0.601. The van der Waals surface area contributed by atoms with E-state index in [4.69, 9.17) is 5.73 Å². The lowest BCUT2D eigenvalue weighted by atomic mass is 10.1. The van der Waals surface area contributed by atoms with Gasteiger partial charge in [0.15, 0.2) is 0 Å². The van der Waals surface area contributed by atoms with Crippen molar-refractivity contribution in [2.24, 2.45) is 5.73 Å². The van der Waals surface area contributed by atoms with Gasteiger partial charge in [-0.3, -0.25) is 0 Å². The van der Waals surface area contributed by atoms with Crippen molar-refractivity contribution in [3.8, 4) is 0 Å². The molecule has 17 heavy (non-hydrogen) atoms. The molecule has 0 bridgehead atoms. The average Bonchev–Trinajstić information content (AvgIpc) is 2.26. The predicted molar refractivity (Wildman–Crippen MR) is 72.2 cm³/mol. The first-order valence-corrected chi connectivity index (χ1v) is 7.67. The average molecular weight is 256 g/mol. The molecule has 0 atom stereocenters. The molecule has 1 aromatic rings. The van der Waals surface area contributed by atoms with E-state index in [1.54, 1.807) is 0 Å². The van der Waals surface area contributed by atoms with E-state index in [9.17, 15) is 8.42 Å². The minimum Gasteiger partial charge on any atom is -0.373 e. The van der Waals surface area contributed by atoms with Crippen molar-refractivity contribution in [1.82, 2.24) is 0 Å². The van der Waals surface area contributed by atoms with Gasteiger partial charge in [0.1, 0.15) is 9.84 Å². The van der Waals surface area contributed by atoms with E-state index in [0.717, 1.165) is 17.7 Å². The second kappa shape index (κ2) is 6.02. The zero-order valence-electron chi connectivity index (χ0n) is 10.4. The highest BCUT2D eigenvalue weighted by molar-refractivity contribution is 7.90. The first-order chi connectivity index (χ1) is 7.94. The molecule has 0 amide bonds. The Labute approximate surface area is 103 Å². The minimum atomic E-state index is -2.92. The fraction of sp³-hybridized carbons (Fsp3) is 0.500. The Morgan fingerprint density at radius 1 is 1.29 bits per heavy atom. The number of nitrogens with zero attached hydrogens (tertiary/aromatic N) is 1. The van der Waals surface area contributed by atoms with Gasteiger partial charge in [0, 0.05) is 25.5 Å². The molecule has 0 fully saturated rings. The van der Waals surface area contributed by atoms with Crippen molar-refractivity contribution in [3.05, 3.63) is 29.8 Å². The van der Waals surface area contributed by atoms with Crippen molar-refractivity contribution in [3.63, 3.8) is 0 Å². The summed E-state index contributed by atoms with van der Waals surface area (Å²) in [7, 11) is -1.02. The molecule has 0 saturated carbocycles. The van der Waals surface area contributed by atoms with E-state index in [-0.39, 0.29) is 5.75 Å². The first-order valence-electron chi connectivity index (χ1n) is 5.61. The summed E-state index contributed by atoms with van der Waals surface area (Å²) in [4.78, 5) is 1.96. The highest BCUT2D eigenvalue weighted by Gasteiger charge is 2.09. The van der Waals surface area contributed by atoms with Gasteiger partial charge in [-0.1, -0.05) is 18.2 Å². The summed E-state index contributed by atoms with van der Waals surface area (Å²) < 4.78 is 22.3. The van der Waals surface area contributed by atoms with Crippen molar-refractivity contribution < 1.29 is 8.42 Å². The number of nitrogens with two attached hydrogens (primary N) is 1. The Morgan fingerprint density at radius 3 is 2.53 bits per heavy atom. The minimum absolute atomic E-state index is 0.167. The van der Waals surface area contributed by atoms with Crippen LogP contribution in [-0.4, -0.2) is 40.6 Å². The number of rotatable bonds is 6. The number of para-hydroxylation sites is 1. The second-order valence-electron chi connectivity index (χ2n) is 4.22. The molecule has 1 rings (SSSR count). The molecular weight excluding hydrogens is 236 g/mol. The molecule has 2 N–H and O–H groups in total. The van der Waals surface area contributed by atoms with Gasteiger partial charge in [-0.05, 0) is 24.6 Å². The Morgan fingerprint density at radius 2 is 1.94 bits per heavy atom. The van der Waals surface area contributed by atoms with Crippen LogP contribution < -0.4 is 10.6 Å². The summed E-state index contributed by atoms with van der Waals surface area (Å²) in [5.74, 6) is 0.167. The van der Waals surface area contributed by atoms with Crippen LogP contribution in [0.5, 0.6) is 0 Å². The maximum absolute atomic E-state index is 11.1. The Bertz CT molecular complexity index is 457. The smallest absolute Gasteiger partial charge is 0.149 e. The highest BCUT2D eigenvalue weighted by atomic mass is 32.2. The zero-order valence-corrected chi connectivity index (χ0v) is 11.2. The molecule has 0 radical (unpaired) electrons. The van der Waals surface area contributed by atoms with Crippen LogP contribution in [-0.2, 0) is 16.3 Å². The third-order valence-corrected chi connectivity index (χ3v) is 3.54. The fourth-order valence-corrected chi connectivity index (χ4v) is 2.28. The van der Waals surface area contributed by atoms with Crippen LogP contribution in [0.25, 0.3) is 0 Å². The number of hydrogen-bond acceptors (Lipinski definition) is 4. The lowest BCUT2D eigenvalue weighted by Gasteiger charge is -2.22. The topological polar surface area (TPSA) is 63.4 Å². The van der Waals surface area contributed by atoms with Gasteiger partial charge in [0.2, 0.25) is 0 Å². The number of sulfone groups is 1. The van der Waals surface area contributed by atoms with E-state index in [2.05, 4.69) is 0 Å². The highest BCUT2D eigenvalue weighted by Crippen LogP contribution is 2.19. The molecule has 4 nitrogen and oxygen atoms in total. The molecule has 0 heterocycles. The molecule has 0 aliphatic carbocycles. The Kier molecular flexibility index (Phi) is 4.96. The molecule has 0 unspecified atom stereocenters. The molecule has 96 valence electrons. The summed E-state index contributed by atoms with van der Waals surface area (Å²) in [6.07, 6.45) is 2.06. The summed E-state index contributed by atoms with van der Waals surface area (Å²) in [6.45, 7) is 1.09. The standard InChI is InChI=1S/C12H20N2O2S/c1-14(9-10-17(2,15)16)12-6-4-3-5-11(12)7-8-13/h3-6H,7-10,13H2,1-2H3. The molecule has 0 aliphatic heterocycles. The van der Waals surface area contributed by atoms with Gasteiger partial charge >= 0.3 is 0 Å². The van der Waals surface area contributed by atoms with Crippen LogP contribution in [0, 0.1) is 0 Å². The van der Waals surface area contributed by atoms with Gasteiger partial charge in [-0.25, -0.2) is 8.42 Å². The largest absolute Gasteiger partial charge is 0.373 e. The number of benzene rings is 1. The maximum atomic E-state index is 11.1. The summed E-state index contributed by atoms with van der Waals surface area (Å²) in [5, 5.41) is 0. The lowest BCUT2D eigenvalue weighted by Crippen LogP contribution is -2.26. The molecule has 0 aliphatic rings. The summed E-state index contributed by atoms with van der Waals surface area (Å²) in [6, 6.07) is 7.94. The Hall–Kier alpha value is -1.07. The van der Waals surface area contributed by atoms with Crippen LogP contribution in [0.15, 0.2) is 24.3 Å². The quantitative estimate of drug-likeness (QED) is 0.812. The fourth-order valence-electron chi connectivity index (χ4n) is 1.67. The van der Waals surface area contributed by atoms with E-state index >= 15 is 0 Å². The van der Waals surface area contributed by atoms with Crippen LogP contribution in [0.4, 0.5) is 5.69 Å². The van der Waals surface area contributed by atoms with Crippen LogP contribution in [0.3, 0.4) is 0 Å². The molecule has 5 heteroatoms. The van der Waals surface area contributed by atoms with Crippen molar-refractivity contribution >= 4 is 15.5 Å². The maximum Gasteiger partial charge on any atom is 0.149 e. The summed E-state index contributed by atoms with van der Waals surface area (Å²) >= 11 is 0. The zero-order chi connectivity index (χ0) is 12.9. The van der Waals surface area contributed by atoms with Crippen LogP contribution >= 0.6 is 0 Å². The van der Waals surface area contributed by atoms with Crippen LogP contribution in [0.2, 0.25) is 0 Å². The normalized spacial score (nSPS) is 11.5. The van der Waals surface area contributed by atoms with Gasteiger partial charge < -0.3 is 10.6 Å². The van der Waals surface area contributed by atoms with Gasteiger partial charge in [-0.2, -0.15) is 0 Å². The molecule has 0 spiro atoms. The third kappa shape index (κ3) is 4.75. The van der Waals surface area contributed by atoms with Gasteiger partial charge in [0.05, 0.1) is 5.75 Å². The predicted octanol–water partition coefficient (Wildman–Crippen LogP) is 0.669. The van der Waals surface area contributed by atoms with Crippen molar-refractivity contribution in [1.29, 1.82) is 0 Å². The first kappa shape index (κ1) is 14.0. The van der Waals surface area contributed by atoms with Crippen LogP contribution in [0.1, 0.15) is 5.56 Å². The van der Waals surface area contributed by atoms with E-state index < -0.39 is 9.84 Å². The molecular formula is C12H20N2O2S. The van der Waals surface area contributed by atoms with E-state index in [1.165, 1.54) is 6.26 Å². The molecule has 1 aromatic carbocycles. The van der Waals surface area contributed by atoms with E-state index in [1.807, 2.05) is 36.2 Å². The third-order valence-electron chi connectivity index (χ3n) is 2.61. The SMILES string of the molecule is CN(CCS(C)(=O)=O)c1ccccc1CCN. The summed E-state index contributed by atoms with van der Waals surface area (Å²) in [5.41, 5.74) is 7.77. The molecule has 0 aromatic heterocycles. The Balaban J connectivity index is 2.77. The van der Waals surface area contributed by atoms with Gasteiger partial charge in [-0.15, -0.1) is 0 Å². The van der Waals surface area contributed by atoms with Crippen molar-refractivity contribution in [2.45, 2.75) is 6.42 Å². The monoisotopic (exact) mass is 256 g/mol. The number of hydrogen-bond donors (Lipinski definition) is 1. The second-order valence-corrected chi connectivity index (χ2v) is 6.48. The van der Waals surface area contributed by atoms with E-state index in [0.29, 0.717) is 13.1 Å². The molecule has 0 saturated heterocycles. The van der Waals surface area contributed by atoms with Gasteiger partial charge in [0.25, 0.3) is 0 Å². The number of anilines is 1. The van der Waals surface area contributed by atoms with Crippen molar-refractivity contribution in [2.75, 3.05) is 37.0 Å².